The first-order chi connectivity index (χ1) is 7.52. The Balaban J connectivity index is 2.34. The van der Waals surface area contributed by atoms with Crippen LogP contribution in [0.5, 0.6) is 0 Å². The molecule has 0 spiro atoms. The molecule has 16 heavy (non-hydrogen) atoms. The molecule has 0 saturated heterocycles. The van der Waals surface area contributed by atoms with Crippen molar-refractivity contribution in [1.29, 1.82) is 0 Å². The van der Waals surface area contributed by atoms with Crippen molar-refractivity contribution in [3.8, 4) is 0 Å². The molecule has 4 heteroatoms. The number of carboxylic acids is 1. The second-order valence-electron chi connectivity index (χ2n) is 4.84. The van der Waals surface area contributed by atoms with Crippen LogP contribution in [-0.2, 0) is 9.53 Å². The Morgan fingerprint density at radius 2 is 2.19 bits per heavy atom. The van der Waals surface area contributed by atoms with Crippen molar-refractivity contribution < 1.29 is 14.6 Å². The third kappa shape index (κ3) is 3.76. The molecule has 0 aromatic rings. The van der Waals surface area contributed by atoms with Crippen LogP contribution < -0.4 is 0 Å². The van der Waals surface area contributed by atoms with Crippen molar-refractivity contribution in [3.63, 3.8) is 0 Å². The molecule has 0 aromatic carbocycles. The fourth-order valence-electron chi connectivity index (χ4n) is 2.35. The highest BCUT2D eigenvalue weighted by Gasteiger charge is 2.35. The van der Waals surface area contributed by atoms with Gasteiger partial charge in [0.05, 0.1) is 18.6 Å². The molecule has 0 amide bonds. The van der Waals surface area contributed by atoms with Gasteiger partial charge in [0.15, 0.2) is 0 Å². The molecule has 0 aliphatic heterocycles. The van der Waals surface area contributed by atoms with E-state index < -0.39 is 5.97 Å². The molecule has 0 aromatic heterocycles. The molecule has 1 N–H and O–H groups in total. The molecule has 1 saturated carbocycles. The fraction of sp³-hybridized carbons (Fsp3) is 0.917. The van der Waals surface area contributed by atoms with Crippen LogP contribution in [0.4, 0.5) is 0 Å². The van der Waals surface area contributed by atoms with Gasteiger partial charge in [-0.1, -0.05) is 6.42 Å². The second-order valence-corrected chi connectivity index (χ2v) is 4.84. The van der Waals surface area contributed by atoms with Crippen molar-refractivity contribution in [2.45, 2.75) is 45.3 Å². The van der Waals surface area contributed by atoms with E-state index in [1.54, 1.807) is 0 Å². The molecule has 2 atom stereocenters. The van der Waals surface area contributed by atoms with Crippen molar-refractivity contribution in [2.75, 3.05) is 20.2 Å². The summed E-state index contributed by atoms with van der Waals surface area (Å²) >= 11 is 0. The SMILES string of the molecule is CC(C)OCCN(C)C1CCCC1C(=O)O. The van der Waals surface area contributed by atoms with E-state index in [-0.39, 0.29) is 18.1 Å². The highest BCUT2D eigenvalue weighted by Crippen LogP contribution is 2.29. The lowest BCUT2D eigenvalue weighted by molar-refractivity contribution is -0.143. The average Bonchev–Trinajstić information content (AvgIpc) is 2.65. The maximum atomic E-state index is 11.0. The van der Waals surface area contributed by atoms with Crippen LogP contribution in [0.25, 0.3) is 0 Å². The van der Waals surface area contributed by atoms with Crippen LogP contribution in [0.1, 0.15) is 33.1 Å². The minimum atomic E-state index is -0.654. The van der Waals surface area contributed by atoms with Gasteiger partial charge in [-0.2, -0.15) is 0 Å². The molecule has 0 heterocycles. The topological polar surface area (TPSA) is 49.8 Å². The zero-order valence-electron chi connectivity index (χ0n) is 10.5. The lowest BCUT2D eigenvalue weighted by atomic mass is 10.0. The minimum absolute atomic E-state index is 0.188. The molecular weight excluding hydrogens is 206 g/mol. The monoisotopic (exact) mass is 229 g/mol. The van der Waals surface area contributed by atoms with E-state index in [0.29, 0.717) is 6.61 Å². The summed E-state index contributed by atoms with van der Waals surface area (Å²) in [4.78, 5) is 13.2. The number of nitrogens with zero attached hydrogens (tertiary/aromatic N) is 1. The number of hydrogen-bond donors (Lipinski definition) is 1. The second kappa shape index (κ2) is 6.21. The lowest BCUT2D eigenvalue weighted by Crippen LogP contribution is -2.39. The summed E-state index contributed by atoms with van der Waals surface area (Å²) in [5, 5.41) is 9.09. The zero-order chi connectivity index (χ0) is 12.1. The summed E-state index contributed by atoms with van der Waals surface area (Å²) in [7, 11) is 2.00. The number of carbonyl (C=O) groups is 1. The molecule has 1 fully saturated rings. The number of aliphatic carboxylic acids is 1. The predicted octanol–water partition coefficient (Wildman–Crippen LogP) is 1.60. The Morgan fingerprint density at radius 1 is 1.50 bits per heavy atom. The molecule has 0 bridgehead atoms. The van der Waals surface area contributed by atoms with Gasteiger partial charge in [-0.25, -0.2) is 0 Å². The van der Waals surface area contributed by atoms with Crippen LogP contribution in [-0.4, -0.2) is 48.3 Å². The van der Waals surface area contributed by atoms with Gasteiger partial charge >= 0.3 is 5.97 Å². The largest absolute Gasteiger partial charge is 0.481 e. The minimum Gasteiger partial charge on any atom is -0.481 e. The molecule has 4 nitrogen and oxygen atoms in total. The Kier molecular flexibility index (Phi) is 5.22. The Morgan fingerprint density at radius 3 is 2.75 bits per heavy atom. The van der Waals surface area contributed by atoms with Crippen LogP contribution in [0.15, 0.2) is 0 Å². The predicted molar refractivity (Wildman–Crippen MR) is 62.5 cm³/mol. The third-order valence-electron chi connectivity index (χ3n) is 3.26. The van der Waals surface area contributed by atoms with Gasteiger partial charge in [-0.05, 0) is 33.7 Å². The Labute approximate surface area is 97.6 Å². The summed E-state index contributed by atoms with van der Waals surface area (Å²) in [5.41, 5.74) is 0. The van der Waals surface area contributed by atoms with Gasteiger partial charge in [0.2, 0.25) is 0 Å². The van der Waals surface area contributed by atoms with Crippen molar-refractivity contribution in [3.05, 3.63) is 0 Å². The first-order valence-corrected chi connectivity index (χ1v) is 6.07. The number of carboxylic acid groups (broad SMARTS) is 1. The molecule has 1 aliphatic carbocycles. The zero-order valence-corrected chi connectivity index (χ0v) is 10.5. The Bertz CT molecular complexity index is 230. The summed E-state index contributed by atoms with van der Waals surface area (Å²) in [5.74, 6) is -0.844. The molecule has 1 aliphatic rings. The highest BCUT2D eigenvalue weighted by molar-refractivity contribution is 5.71. The Hall–Kier alpha value is -0.610. The summed E-state index contributed by atoms with van der Waals surface area (Å²) in [6.45, 7) is 5.51. The first kappa shape index (κ1) is 13.5. The van der Waals surface area contributed by atoms with Gasteiger partial charge in [0.1, 0.15) is 0 Å². The van der Waals surface area contributed by atoms with Crippen molar-refractivity contribution >= 4 is 5.97 Å². The first-order valence-electron chi connectivity index (χ1n) is 6.07. The van der Waals surface area contributed by atoms with Gasteiger partial charge in [0, 0.05) is 12.6 Å². The standard InChI is InChI=1S/C12H23NO3/c1-9(2)16-8-7-13(3)11-6-4-5-10(11)12(14)15/h9-11H,4-8H2,1-3H3,(H,14,15). The van der Waals surface area contributed by atoms with Crippen LogP contribution in [0.2, 0.25) is 0 Å². The highest BCUT2D eigenvalue weighted by atomic mass is 16.5. The van der Waals surface area contributed by atoms with Crippen molar-refractivity contribution in [1.82, 2.24) is 4.90 Å². The lowest BCUT2D eigenvalue weighted by Gasteiger charge is -2.27. The number of hydrogen-bond acceptors (Lipinski definition) is 3. The molecule has 94 valence electrons. The van der Waals surface area contributed by atoms with Crippen LogP contribution in [0.3, 0.4) is 0 Å². The maximum absolute atomic E-state index is 11.0. The van der Waals surface area contributed by atoms with E-state index in [1.807, 2.05) is 20.9 Å². The van der Waals surface area contributed by atoms with E-state index in [1.165, 1.54) is 0 Å². The van der Waals surface area contributed by atoms with Gasteiger partial charge < -0.3 is 14.7 Å². The van der Waals surface area contributed by atoms with E-state index >= 15 is 0 Å². The smallest absolute Gasteiger partial charge is 0.308 e. The summed E-state index contributed by atoms with van der Waals surface area (Å²) in [6, 6.07) is 0.188. The normalized spacial score (nSPS) is 25.6. The third-order valence-corrected chi connectivity index (χ3v) is 3.26. The van der Waals surface area contributed by atoms with Gasteiger partial charge in [-0.3, -0.25) is 4.79 Å². The summed E-state index contributed by atoms with van der Waals surface area (Å²) in [6.07, 6.45) is 3.08. The molecule has 2 unspecified atom stereocenters. The van der Waals surface area contributed by atoms with E-state index in [4.69, 9.17) is 9.84 Å². The van der Waals surface area contributed by atoms with E-state index in [0.717, 1.165) is 25.8 Å². The quantitative estimate of drug-likeness (QED) is 0.751. The van der Waals surface area contributed by atoms with Gasteiger partial charge in [-0.15, -0.1) is 0 Å². The van der Waals surface area contributed by atoms with Crippen LogP contribution >= 0.6 is 0 Å². The van der Waals surface area contributed by atoms with Crippen molar-refractivity contribution in [2.24, 2.45) is 5.92 Å². The number of likely N-dealkylation sites (N-methyl/N-ethyl adjacent to an activating group) is 1. The van der Waals surface area contributed by atoms with Crippen LogP contribution in [0, 0.1) is 5.92 Å². The van der Waals surface area contributed by atoms with E-state index in [9.17, 15) is 4.79 Å². The fourth-order valence-corrected chi connectivity index (χ4v) is 2.35. The maximum Gasteiger partial charge on any atom is 0.308 e. The molecule has 0 radical (unpaired) electrons. The summed E-state index contributed by atoms with van der Waals surface area (Å²) < 4.78 is 5.48. The number of ether oxygens (including phenoxy) is 1. The average molecular weight is 229 g/mol. The van der Waals surface area contributed by atoms with Gasteiger partial charge in [0.25, 0.3) is 0 Å². The molecular formula is C12H23NO3. The van der Waals surface area contributed by atoms with E-state index in [2.05, 4.69) is 4.90 Å². The molecule has 1 rings (SSSR count). The number of rotatable bonds is 6.